The summed E-state index contributed by atoms with van der Waals surface area (Å²) in [6, 6.07) is 0. The highest BCUT2D eigenvalue weighted by atomic mass is 16.8. The lowest BCUT2D eigenvalue weighted by molar-refractivity contribution is -0.924. The number of hydrazine groups is 1. The number of nitrogens with zero attached hydrogens (tertiary/aromatic N) is 2. The predicted octanol–water partition coefficient (Wildman–Crippen LogP) is 1.90. The third-order valence-corrected chi connectivity index (χ3v) is 1.92. The molecular formula is C9H19N2O2+. The lowest BCUT2D eigenvalue weighted by atomic mass is 10.2. The summed E-state index contributed by atoms with van der Waals surface area (Å²) >= 11 is 0. The number of hydrogen-bond donors (Lipinski definition) is 0. The fraction of sp³-hybridized carbons (Fsp3) is 1.00. The van der Waals surface area contributed by atoms with Gasteiger partial charge in [-0.25, -0.2) is 0 Å². The molecule has 13 heavy (non-hydrogen) atoms. The Hall–Kier alpha value is -0.800. The highest BCUT2D eigenvalue weighted by Gasteiger charge is 2.30. The maximum absolute atomic E-state index is 11.4. The van der Waals surface area contributed by atoms with Gasteiger partial charge in [0.15, 0.2) is 5.60 Å². The standard InChI is InChI=1S/C9H19N2O2/c1-9(2,3)13-11(12)10-7-5-4-6-8-10/h4-8H2,1-3H3/q+1. The molecule has 1 rings (SSSR count). The van der Waals surface area contributed by atoms with Crippen LogP contribution in [0.1, 0.15) is 40.0 Å². The van der Waals surface area contributed by atoms with E-state index in [0.29, 0.717) is 5.03 Å². The summed E-state index contributed by atoms with van der Waals surface area (Å²) in [4.78, 5) is 16.6. The minimum atomic E-state index is -0.404. The van der Waals surface area contributed by atoms with E-state index in [2.05, 4.69) is 0 Å². The molecule has 76 valence electrons. The Balaban J connectivity index is 2.38. The summed E-state index contributed by atoms with van der Waals surface area (Å²) < 4.78 is 0. The lowest BCUT2D eigenvalue weighted by Gasteiger charge is -2.20. The molecule has 0 saturated carbocycles. The van der Waals surface area contributed by atoms with Crippen molar-refractivity contribution in [2.75, 3.05) is 13.1 Å². The van der Waals surface area contributed by atoms with Crippen LogP contribution >= 0.6 is 0 Å². The van der Waals surface area contributed by atoms with Crippen molar-refractivity contribution in [2.24, 2.45) is 0 Å². The second-order valence-electron chi connectivity index (χ2n) is 4.46. The van der Waals surface area contributed by atoms with Crippen LogP contribution in [0.4, 0.5) is 0 Å². The molecule has 0 aromatic rings. The minimum Gasteiger partial charge on any atom is -0.199 e. The summed E-state index contributed by atoms with van der Waals surface area (Å²) in [5, 5.41) is 2.37. The second kappa shape index (κ2) is 3.94. The zero-order valence-electron chi connectivity index (χ0n) is 8.75. The van der Waals surface area contributed by atoms with E-state index in [-0.39, 0.29) is 0 Å². The van der Waals surface area contributed by atoms with Crippen LogP contribution in [0.15, 0.2) is 0 Å². The van der Waals surface area contributed by atoms with Gasteiger partial charge in [-0.15, -0.1) is 0 Å². The van der Waals surface area contributed by atoms with Crippen LogP contribution in [0.2, 0.25) is 0 Å². The quantitative estimate of drug-likeness (QED) is 0.619. The van der Waals surface area contributed by atoms with Gasteiger partial charge in [0.1, 0.15) is 4.91 Å². The van der Waals surface area contributed by atoms with Crippen LogP contribution in [0, 0.1) is 4.91 Å². The van der Waals surface area contributed by atoms with Gasteiger partial charge >= 0.3 is 5.03 Å². The van der Waals surface area contributed by atoms with E-state index in [1.165, 1.54) is 6.42 Å². The van der Waals surface area contributed by atoms with Gasteiger partial charge < -0.3 is 0 Å². The van der Waals surface area contributed by atoms with Crippen molar-refractivity contribution in [1.82, 2.24) is 5.01 Å². The predicted molar refractivity (Wildman–Crippen MR) is 49.9 cm³/mol. The molecule has 1 saturated heterocycles. The van der Waals surface area contributed by atoms with Crippen LogP contribution < -0.4 is 0 Å². The molecule has 0 aromatic carbocycles. The highest BCUT2D eigenvalue weighted by molar-refractivity contribution is 4.56. The van der Waals surface area contributed by atoms with Gasteiger partial charge in [-0.3, -0.25) is 0 Å². The Morgan fingerprint density at radius 2 is 1.69 bits per heavy atom. The molecule has 1 aliphatic heterocycles. The van der Waals surface area contributed by atoms with Crippen LogP contribution in [0.25, 0.3) is 0 Å². The molecule has 1 aliphatic rings. The van der Waals surface area contributed by atoms with Gasteiger partial charge in [0.05, 0.1) is 13.1 Å². The first-order chi connectivity index (χ1) is 5.99. The highest BCUT2D eigenvalue weighted by Crippen LogP contribution is 2.13. The molecule has 1 fully saturated rings. The van der Waals surface area contributed by atoms with Gasteiger partial charge in [0, 0.05) is 0 Å². The van der Waals surface area contributed by atoms with E-state index in [9.17, 15) is 4.91 Å². The maximum Gasteiger partial charge on any atom is 0.360 e. The Bertz CT molecular complexity index is 181. The zero-order chi connectivity index (χ0) is 9.90. The van der Waals surface area contributed by atoms with Crippen molar-refractivity contribution in [1.29, 1.82) is 0 Å². The van der Waals surface area contributed by atoms with Crippen molar-refractivity contribution in [2.45, 2.75) is 45.6 Å². The van der Waals surface area contributed by atoms with Crippen LogP contribution in [-0.2, 0) is 4.84 Å². The van der Waals surface area contributed by atoms with Crippen LogP contribution in [-0.4, -0.2) is 28.7 Å². The molecule has 1 heterocycles. The largest absolute Gasteiger partial charge is 0.360 e. The molecule has 0 atom stereocenters. The first-order valence-electron chi connectivity index (χ1n) is 4.90. The molecule has 0 aromatic heterocycles. The van der Waals surface area contributed by atoms with E-state index in [1.807, 2.05) is 20.8 Å². The molecule has 4 heteroatoms. The topological polar surface area (TPSA) is 32.6 Å². The van der Waals surface area contributed by atoms with E-state index in [4.69, 9.17) is 4.84 Å². The summed E-state index contributed by atoms with van der Waals surface area (Å²) in [6.45, 7) is 7.27. The first-order valence-corrected chi connectivity index (χ1v) is 4.90. The van der Waals surface area contributed by atoms with E-state index < -0.39 is 5.60 Å². The summed E-state index contributed by atoms with van der Waals surface area (Å²) in [6.07, 6.45) is 3.40. The summed E-state index contributed by atoms with van der Waals surface area (Å²) in [7, 11) is 0. The van der Waals surface area contributed by atoms with E-state index in [0.717, 1.165) is 25.9 Å². The zero-order valence-corrected chi connectivity index (χ0v) is 8.75. The molecule has 0 bridgehead atoms. The van der Waals surface area contributed by atoms with Crippen molar-refractivity contribution < 1.29 is 9.87 Å². The lowest BCUT2D eigenvalue weighted by Crippen LogP contribution is -2.41. The van der Waals surface area contributed by atoms with Gasteiger partial charge in [0.2, 0.25) is 0 Å². The van der Waals surface area contributed by atoms with E-state index in [1.54, 1.807) is 5.01 Å². The van der Waals surface area contributed by atoms with Crippen LogP contribution in [0.3, 0.4) is 0 Å². The Kier molecular flexibility index (Phi) is 3.12. The van der Waals surface area contributed by atoms with Gasteiger partial charge in [-0.2, -0.15) is 4.84 Å². The minimum absolute atomic E-state index is 0.404. The summed E-state index contributed by atoms with van der Waals surface area (Å²) in [5.41, 5.74) is -0.404. The monoisotopic (exact) mass is 187 g/mol. The van der Waals surface area contributed by atoms with Gasteiger partial charge in [-0.1, -0.05) is 5.01 Å². The number of rotatable bonds is 2. The maximum atomic E-state index is 11.4. The fourth-order valence-electron chi connectivity index (χ4n) is 1.33. The van der Waals surface area contributed by atoms with Gasteiger partial charge in [-0.05, 0) is 40.0 Å². The van der Waals surface area contributed by atoms with Gasteiger partial charge in [0.25, 0.3) is 0 Å². The summed E-state index contributed by atoms with van der Waals surface area (Å²) in [5.74, 6) is 0. The van der Waals surface area contributed by atoms with Crippen LogP contribution in [0.5, 0.6) is 0 Å². The molecule has 0 amide bonds. The Labute approximate surface area is 79.4 Å². The fourth-order valence-corrected chi connectivity index (χ4v) is 1.33. The molecule has 0 unspecified atom stereocenters. The average Bonchev–Trinajstić information content (AvgIpc) is 2.03. The SMILES string of the molecule is CC(C)(C)O[N+](=O)N1CCCCC1. The molecule has 4 nitrogen and oxygen atoms in total. The molecule has 0 aliphatic carbocycles. The van der Waals surface area contributed by atoms with E-state index >= 15 is 0 Å². The second-order valence-corrected chi connectivity index (χ2v) is 4.46. The smallest absolute Gasteiger partial charge is 0.199 e. The van der Waals surface area contributed by atoms with Crippen molar-refractivity contribution in [3.8, 4) is 0 Å². The third kappa shape index (κ3) is 3.61. The molecular weight excluding hydrogens is 168 g/mol. The third-order valence-electron chi connectivity index (χ3n) is 1.92. The average molecular weight is 187 g/mol. The Morgan fingerprint density at radius 3 is 2.15 bits per heavy atom. The molecule has 0 radical (unpaired) electrons. The number of hydrogen-bond acceptors (Lipinski definition) is 2. The Morgan fingerprint density at radius 1 is 1.15 bits per heavy atom. The molecule has 0 N–H and O–H groups in total. The number of piperidine rings is 1. The van der Waals surface area contributed by atoms with Crippen molar-refractivity contribution in [3.63, 3.8) is 0 Å². The normalized spacial score (nSPS) is 18.5. The molecule has 0 spiro atoms. The first kappa shape index (κ1) is 10.3. The van der Waals surface area contributed by atoms with Crippen molar-refractivity contribution >= 4 is 0 Å². The van der Waals surface area contributed by atoms with Crippen molar-refractivity contribution in [3.05, 3.63) is 4.91 Å².